The summed E-state index contributed by atoms with van der Waals surface area (Å²) in [5.74, 6) is -1.01. The van der Waals surface area contributed by atoms with E-state index in [-0.39, 0.29) is 17.7 Å². The average molecular weight is 364 g/mol. The van der Waals surface area contributed by atoms with Gasteiger partial charge in [-0.1, -0.05) is 35.9 Å². The fourth-order valence-electron chi connectivity index (χ4n) is 3.26. The number of carbonyl (C=O) groups excluding carboxylic acids is 2. The molecule has 0 aliphatic carbocycles. The van der Waals surface area contributed by atoms with E-state index >= 15 is 0 Å². The quantitative estimate of drug-likeness (QED) is 0.569. The van der Waals surface area contributed by atoms with Crippen LogP contribution in [0.5, 0.6) is 0 Å². The maximum Gasteiger partial charge on any atom is 0.259 e. The third kappa shape index (κ3) is 2.97. The Labute approximate surface area is 155 Å². The van der Waals surface area contributed by atoms with Crippen molar-refractivity contribution in [1.82, 2.24) is 15.3 Å². The van der Waals surface area contributed by atoms with E-state index in [4.69, 9.17) is 11.6 Å². The van der Waals surface area contributed by atoms with E-state index in [1.54, 1.807) is 24.4 Å². The van der Waals surface area contributed by atoms with Crippen LogP contribution in [-0.2, 0) is 6.42 Å². The molecule has 4 rings (SSSR count). The number of nitrogens with one attached hydrogen (secondary N) is 1. The zero-order valence-electron chi connectivity index (χ0n) is 13.6. The lowest BCUT2D eigenvalue weighted by Crippen LogP contribution is -2.21. The maximum absolute atomic E-state index is 12.4. The van der Waals surface area contributed by atoms with Crippen molar-refractivity contribution in [3.05, 3.63) is 94.0 Å². The van der Waals surface area contributed by atoms with Crippen molar-refractivity contribution in [1.29, 1.82) is 0 Å². The second-order valence-corrected chi connectivity index (χ2v) is 6.40. The highest BCUT2D eigenvalue weighted by Crippen LogP contribution is 2.33. The lowest BCUT2D eigenvalue weighted by molar-refractivity contribution is 0.0879. The number of imide groups is 1. The van der Waals surface area contributed by atoms with Crippen LogP contribution in [-0.4, -0.2) is 21.8 Å². The summed E-state index contributed by atoms with van der Waals surface area (Å²) >= 11 is 6.09. The number of nitrogens with zero attached hydrogens (tertiary/aromatic N) is 2. The Morgan fingerprint density at radius 2 is 1.81 bits per heavy atom. The number of pyridine rings is 2. The number of aromatic nitrogens is 2. The molecule has 2 aromatic heterocycles. The highest BCUT2D eigenvalue weighted by Gasteiger charge is 2.32. The zero-order valence-corrected chi connectivity index (χ0v) is 14.4. The van der Waals surface area contributed by atoms with Crippen LogP contribution >= 0.6 is 11.6 Å². The molecule has 1 unspecified atom stereocenters. The first-order valence-corrected chi connectivity index (χ1v) is 8.52. The first-order valence-electron chi connectivity index (χ1n) is 8.14. The monoisotopic (exact) mass is 363 g/mol. The van der Waals surface area contributed by atoms with Gasteiger partial charge in [-0.15, -0.1) is 0 Å². The van der Waals surface area contributed by atoms with E-state index in [2.05, 4.69) is 15.3 Å². The molecule has 3 aromatic rings. The molecule has 0 spiro atoms. The zero-order chi connectivity index (χ0) is 18.1. The van der Waals surface area contributed by atoms with E-state index in [0.717, 1.165) is 17.0 Å². The number of hydrogen-bond donors (Lipinski definition) is 1. The summed E-state index contributed by atoms with van der Waals surface area (Å²) in [6.07, 6.45) is 2.26. The minimum atomic E-state index is -0.381. The normalized spacial score (nSPS) is 14.0. The third-order valence-corrected chi connectivity index (χ3v) is 4.61. The number of amides is 2. The van der Waals surface area contributed by atoms with Gasteiger partial charge in [-0.2, -0.15) is 0 Å². The molecule has 0 saturated carbocycles. The number of halogens is 1. The van der Waals surface area contributed by atoms with Crippen LogP contribution in [0.3, 0.4) is 0 Å². The highest BCUT2D eigenvalue weighted by atomic mass is 35.5. The van der Waals surface area contributed by atoms with Crippen LogP contribution < -0.4 is 5.32 Å². The predicted molar refractivity (Wildman–Crippen MR) is 97.3 cm³/mol. The van der Waals surface area contributed by atoms with Gasteiger partial charge in [0.1, 0.15) is 5.15 Å². The van der Waals surface area contributed by atoms with Crippen molar-refractivity contribution in [2.75, 3.05) is 0 Å². The molecule has 1 aliphatic heterocycles. The van der Waals surface area contributed by atoms with Crippen molar-refractivity contribution in [3.63, 3.8) is 0 Å². The van der Waals surface area contributed by atoms with Crippen LogP contribution in [0, 0.1) is 0 Å². The largest absolute Gasteiger partial charge is 0.288 e. The van der Waals surface area contributed by atoms with Crippen molar-refractivity contribution >= 4 is 23.4 Å². The Balaban J connectivity index is 1.87. The van der Waals surface area contributed by atoms with E-state index in [0.29, 0.717) is 22.7 Å². The van der Waals surface area contributed by atoms with Crippen LogP contribution in [0.2, 0.25) is 5.15 Å². The van der Waals surface area contributed by atoms with Gasteiger partial charge in [-0.3, -0.25) is 19.9 Å². The smallest absolute Gasteiger partial charge is 0.259 e. The van der Waals surface area contributed by atoms with Gasteiger partial charge in [-0.25, -0.2) is 4.98 Å². The summed E-state index contributed by atoms with van der Waals surface area (Å²) < 4.78 is 0. The van der Waals surface area contributed by atoms with Gasteiger partial charge in [0.25, 0.3) is 11.8 Å². The molecule has 0 fully saturated rings. The van der Waals surface area contributed by atoms with E-state index in [1.165, 1.54) is 0 Å². The Kier molecular flexibility index (Phi) is 4.22. The van der Waals surface area contributed by atoms with Crippen LogP contribution in [0.25, 0.3) is 0 Å². The number of carbonyl (C=O) groups is 2. The van der Waals surface area contributed by atoms with Crippen molar-refractivity contribution in [2.24, 2.45) is 0 Å². The molecular formula is C20H14ClN3O2. The molecule has 6 heteroatoms. The van der Waals surface area contributed by atoms with Gasteiger partial charge >= 0.3 is 0 Å². The summed E-state index contributed by atoms with van der Waals surface area (Å²) in [4.78, 5) is 33.2. The van der Waals surface area contributed by atoms with Gasteiger partial charge in [0.05, 0.1) is 16.8 Å². The molecule has 1 atom stereocenters. The van der Waals surface area contributed by atoms with Gasteiger partial charge in [0.2, 0.25) is 0 Å². The van der Waals surface area contributed by atoms with Crippen LogP contribution in [0.15, 0.2) is 60.8 Å². The summed E-state index contributed by atoms with van der Waals surface area (Å²) in [5.41, 5.74) is 3.12. The minimum absolute atomic E-state index is 0.254. The molecular weight excluding hydrogens is 350 g/mol. The molecule has 0 bridgehead atoms. The molecule has 1 aliphatic rings. The SMILES string of the molecule is O=C1NC(=O)c2c1cccc2C(Cc1ccccn1)c1cccc(Cl)n1. The molecule has 5 nitrogen and oxygen atoms in total. The number of benzene rings is 1. The van der Waals surface area contributed by atoms with E-state index in [1.807, 2.05) is 36.4 Å². The summed E-state index contributed by atoms with van der Waals surface area (Å²) in [6.45, 7) is 0. The van der Waals surface area contributed by atoms with E-state index < -0.39 is 0 Å². The molecule has 1 N–H and O–H groups in total. The number of fused-ring (bicyclic) bond motifs is 1. The average Bonchev–Trinajstić information content (AvgIpc) is 2.95. The second kappa shape index (κ2) is 6.69. The molecule has 0 radical (unpaired) electrons. The Hall–Kier alpha value is -3.05. The summed E-state index contributed by atoms with van der Waals surface area (Å²) in [7, 11) is 0. The molecule has 0 saturated heterocycles. The van der Waals surface area contributed by atoms with Gasteiger partial charge in [0, 0.05) is 24.2 Å². The second-order valence-electron chi connectivity index (χ2n) is 6.02. The fourth-order valence-corrected chi connectivity index (χ4v) is 3.43. The lowest BCUT2D eigenvalue weighted by atomic mass is 9.86. The Morgan fingerprint density at radius 3 is 2.58 bits per heavy atom. The topological polar surface area (TPSA) is 72.0 Å². The minimum Gasteiger partial charge on any atom is -0.288 e. The first-order chi connectivity index (χ1) is 12.6. The maximum atomic E-state index is 12.4. The Morgan fingerprint density at radius 1 is 0.962 bits per heavy atom. The summed E-state index contributed by atoms with van der Waals surface area (Å²) in [6, 6.07) is 16.4. The van der Waals surface area contributed by atoms with Crippen molar-refractivity contribution < 1.29 is 9.59 Å². The molecule has 1 aromatic carbocycles. The molecule has 26 heavy (non-hydrogen) atoms. The van der Waals surface area contributed by atoms with Gasteiger partial charge in [-0.05, 0) is 35.9 Å². The van der Waals surface area contributed by atoms with E-state index in [9.17, 15) is 9.59 Å². The first kappa shape index (κ1) is 16.4. The Bertz CT molecular complexity index is 1000. The molecule has 3 heterocycles. The highest BCUT2D eigenvalue weighted by molar-refractivity contribution is 6.29. The van der Waals surface area contributed by atoms with Crippen molar-refractivity contribution in [3.8, 4) is 0 Å². The molecule has 128 valence electrons. The van der Waals surface area contributed by atoms with Gasteiger partial charge < -0.3 is 0 Å². The predicted octanol–water partition coefficient (Wildman–Crippen LogP) is 3.39. The molecule has 2 amide bonds. The lowest BCUT2D eigenvalue weighted by Gasteiger charge is -2.19. The fraction of sp³-hybridized carbons (Fsp3) is 0.100. The van der Waals surface area contributed by atoms with Crippen molar-refractivity contribution in [2.45, 2.75) is 12.3 Å². The number of rotatable bonds is 4. The number of hydrogen-bond acceptors (Lipinski definition) is 4. The summed E-state index contributed by atoms with van der Waals surface area (Å²) in [5, 5.41) is 2.74. The van der Waals surface area contributed by atoms with Gasteiger partial charge in [0.15, 0.2) is 0 Å². The van der Waals surface area contributed by atoms with Crippen LogP contribution in [0.4, 0.5) is 0 Å². The standard InChI is InChI=1S/C20H14ClN3O2/c21-17-9-4-8-16(23-17)15(11-12-5-1-2-10-22-12)13-6-3-7-14-18(13)20(26)24-19(14)25/h1-10,15H,11H2,(H,24,25,26). The third-order valence-electron chi connectivity index (χ3n) is 4.40. The van der Waals surface area contributed by atoms with Crippen LogP contribution in [0.1, 0.15) is 43.6 Å².